The molecule has 0 spiro atoms. The molecule has 2 unspecified atom stereocenters. The van der Waals surface area contributed by atoms with Crippen molar-refractivity contribution in [3.63, 3.8) is 0 Å². The minimum Gasteiger partial charge on any atom is -0.337 e. The van der Waals surface area contributed by atoms with E-state index in [-0.39, 0.29) is 5.91 Å². The van der Waals surface area contributed by atoms with E-state index in [9.17, 15) is 4.79 Å². The third kappa shape index (κ3) is 3.53. The molecule has 1 aliphatic heterocycles. The maximum absolute atomic E-state index is 12.4. The van der Waals surface area contributed by atoms with Gasteiger partial charge in [-0.05, 0) is 33.1 Å². The smallest absolute Gasteiger partial charge is 0.233 e. The molecule has 0 saturated carbocycles. The Balaban J connectivity index is 1.90. The van der Waals surface area contributed by atoms with Crippen molar-refractivity contribution in [1.82, 2.24) is 20.1 Å². The quantitative estimate of drug-likeness (QED) is 0.868. The number of aromatic amines is 1. The molecular formula is C14H24N4OS. The molecule has 1 aliphatic rings. The monoisotopic (exact) mass is 296 g/mol. The first-order valence-corrected chi connectivity index (χ1v) is 8.34. The van der Waals surface area contributed by atoms with Crippen LogP contribution < -0.4 is 0 Å². The van der Waals surface area contributed by atoms with Gasteiger partial charge in [0.05, 0.1) is 5.75 Å². The number of hydrogen-bond donors (Lipinski definition) is 1. The van der Waals surface area contributed by atoms with E-state index in [1.807, 2.05) is 4.90 Å². The number of nitrogens with zero attached hydrogens (tertiary/aromatic N) is 3. The van der Waals surface area contributed by atoms with Crippen molar-refractivity contribution >= 4 is 17.7 Å². The maximum atomic E-state index is 12.4. The van der Waals surface area contributed by atoms with E-state index in [0.29, 0.717) is 28.9 Å². The molecule has 112 valence electrons. The third-order valence-corrected chi connectivity index (χ3v) is 4.67. The number of H-pyrrole nitrogens is 1. The molecule has 20 heavy (non-hydrogen) atoms. The first-order valence-electron chi connectivity index (χ1n) is 7.35. The van der Waals surface area contributed by atoms with Crippen LogP contribution in [0.5, 0.6) is 0 Å². The number of hydrogen-bond acceptors (Lipinski definition) is 4. The minimum atomic E-state index is 0.200. The molecule has 1 aromatic heterocycles. The van der Waals surface area contributed by atoms with Gasteiger partial charge in [-0.1, -0.05) is 25.6 Å². The minimum absolute atomic E-state index is 0.200. The van der Waals surface area contributed by atoms with Gasteiger partial charge in [0, 0.05) is 18.0 Å². The summed E-state index contributed by atoms with van der Waals surface area (Å²) in [6.07, 6.45) is 3.44. The molecule has 2 rings (SSSR count). The zero-order valence-electron chi connectivity index (χ0n) is 12.7. The standard InChI is InChI=1S/C14H24N4OS/c1-9(2)13-15-14(17-16-13)20-8-12(19)18-10(3)6-5-7-11(18)4/h9-11H,5-8H2,1-4H3,(H,15,16,17). The van der Waals surface area contributed by atoms with Crippen molar-refractivity contribution in [3.05, 3.63) is 5.82 Å². The molecule has 5 nitrogen and oxygen atoms in total. The Morgan fingerprint density at radius 3 is 2.60 bits per heavy atom. The summed E-state index contributed by atoms with van der Waals surface area (Å²) in [4.78, 5) is 18.8. The van der Waals surface area contributed by atoms with Crippen molar-refractivity contribution in [2.75, 3.05) is 5.75 Å². The van der Waals surface area contributed by atoms with Gasteiger partial charge in [-0.3, -0.25) is 9.89 Å². The highest BCUT2D eigenvalue weighted by atomic mass is 32.2. The molecular weight excluding hydrogens is 272 g/mol. The second kappa shape index (κ2) is 6.61. The summed E-state index contributed by atoms with van der Waals surface area (Å²) in [7, 11) is 0. The molecule has 0 aromatic carbocycles. The van der Waals surface area contributed by atoms with Gasteiger partial charge in [0.1, 0.15) is 5.82 Å². The average Bonchev–Trinajstić information content (AvgIpc) is 2.85. The van der Waals surface area contributed by atoms with Gasteiger partial charge in [0.15, 0.2) is 0 Å². The van der Waals surface area contributed by atoms with Gasteiger partial charge in [-0.15, -0.1) is 5.10 Å². The van der Waals surface area contributed by atoms with Crippen LogP contribution in [-0.2, 0) is 4.79 Å². The second-order valence-electron chi connectivity index (χ2n) is 5.88. The third-order valence-electron chi connectivity index (χ3n) is 3.84. The van der Waals surface area contributed by atoms with Crippen LogP contribution >= 0.6 is 11.8 Å². The molecule has 2 atom stereocenters. The Kier molecular flexibility index (Phi) is 5.07. The van der Waals surface area contributed by atoms with Crippen molar-refractivity contribution in [1.29, 1.82) is 0 Å². The van der Waals surface area contributed by atoms with E-state index in [1.165, 1.54) is 18.2 Å². The highest BCUT2D eigenvalue weighted by molar-refractivity contribution is 7.99. The summed E-state index contributed by atoms with van der Waals surface area (Å²) in [6, 6.07) is 0.704. The normalized spacial score (nSPS) is 23.4. The number of thioether (sulfide) groups is 1. The molecule has 1 N–H and O–H groups in total. The predicted octanol–water partition coefficient (Wildman–Crippen LogP) is 2.81. The van der Waals surface area contributed by atoms with E-state index >= 15 is 0 Å². The SMILES string of the molecule is CC(C)c1nc(SCC(=O)N2C(C)CCCC2C)n[nH]1. The number of rotatable bonds is 4. The Hall–Kier alpha value is -1.04. The topological polar surface area (TPSA) is 61.9 Å². The van der Waals surface area contributed by atoms with Gasteiger partial charge >= 0.3 is 0 Å². The van der Waals surface area contributed by atoms with Crippen molar-refractivity contribution < 1.29 is 4.79 Å². The molecule has 0 radical (unpaired) electrons. The van der Waals surface area contributed by atoms with Crippen LogP contribution in [0.3, 0.4) is 0 Å². The number of carbonyl (C=O) groups is 1. The summed E-state index contributed by atoms with van der Waals surface area (Å²) in [5.74, 6) is 1.82. The number of aromatic nitrogens is 3. The van der Waals surface area contributed by atoms with E-state index in [4.69, 9.17) is 0 Å². The predicted molar refractivity (Wildman–Crippen MR) is 80.8 cm³/mol. The Bertz CT molecular complexity index is 450. The lowest BCUT2D eigenvalue weighted by Gasteiger charge is -2.39. The maximum Gasteiger partial charge on any atom is 0.233 e. The fraction of sp³-hybridized carbons (Fsp3) is 0.786. The lowest BCUT2D eigenvalue weighted by molar-refractivity contribution is -0.134. The van der Waals surface area contributed by atoms with E-state index in [0.717, 1.165) is 18.7 Å². The second-order valence-corrected chi connectivity index (χ2v) is 6.82. The van der Waals surface area contributed by atoms with Gasteiger partial charge < -0.3 is 4.90 Å². The molecule has 1 fully saturated rings. The van der Waals surface area contributed by atoms with E-state index in [1.54, 1.807) is 0 Å². The van der Waals surface area contributed by atoms with E-state index < -0.39 is 0 Å². The summed E-state index contributed by atoms with van der Waals surface area (Å²) < 4.78 is 0. The first kappa shape index (κ1) is 15.4. The summed E-state index contributed by atoms with van der Waals surface area (Å²) >= 11 is 1.42. The van der Waals surface area contributed by atoms with Crippen molar-refractivity contribution in [2.45, 2.75) is 70.1 Å². The Labute approximate surface area is 124 Å². The summed E-state index contributed by atoms with van der Waals surface area (Å²) in [5, 5.41) is 7.73. The van der Waals surface area contributed by atoms with Gasteiger partial charge in [-0.2, -0.15) is 0 Å². The summed E-state index contributed by atoms with van der Waals surface area (Å²) in [6.45, 7) is 8.41. The van der Waals surface area contributed by atoms with Crippen LogP contribution in [0.25, 0.3) is 0 Å². The zero-order valence-corrected chi connectivity index (χ0v) is 13.5. The molecule has 1 aromatic rings. The van der Waals surface area contributed by atoms with Crippen molar-refractivity contribution in [2.24, 2.45) is 0 Å². The fourth-order valence-electron chi connectivity index (χ4n) is 2.69. The largest absolute Gasteiger partial charge is 0.337 e. The van der Waals surface area contributed by atoms with Crippen LogP contribution in [0.2, 0.25) is 0 Å². The van der Waals surface area contributed by atoms with Gasteiger partial charge in [-0.25, -0.2) is 4.98 Å². The number of nitrogens with one attached hydrogen (secondary N) is 1. The van der Waals surface area contributed by atoms with Gasteiger partial charge in [0.2, 0.25) is 11.1 Å². The Morgan fingerprint density at radius 2 is 2.05 bits per heavy atom. The van der Waals surface area contributed by atoms with Crippen LogP contribution in [0.4, 0.5) is 0 Å². The fourth-order valence-corrected chi connectivity index (χ4v) is 3.37. The Morgan fingerprint density at radius 1 is 1.40 bits per heavy atom. The molecule has 1 saturated heterocycles. The van der Waals surface area contributed by atoms with Crippen molar-refractivity contribution in [3.8, 4) is 0 Å². The number of carbonyl (C=O) groups excluding carboxylic acids is 1. The number of piperidine rings is 1. The number of amides is 1. The molecule has 2 heterocycles. The van der Waals surface area contributed by atoms with Crippen LogP contribution in [0, 0.1) is 0 Å². The molecule has 6 heteroatoms. The molecule has 1 amide bonds. The highest BCUT2D eigenvalue weighted by Crippen LogP contribution is 2.24. The number of likely N-dealkylation sites (tertiary alicyclic amines) is 1. The highest BCUT2D eigenvalue weighted by Gasteiger charge is 2.28. The van der Waals surface area contributed by atoms with Crippen LogP contribution in [0.1, 0.15) is 58.7 Å². The van der Waals surface area contributed by atoms with Crippen LogP contribution in [-0.4, -0.2) is 43.8 Å². The molecule has 0 aliphatic carbocycles. The van der Waals surface area contributed by atoms with Gasteiger partial charge in [0.25, 0.3) is 0 Å². The molecule has 0 bridgehead atoms. The van der Waals surface area contributed by atoms with E-state index in [2.05, 4.69) is 42.9 Å². The zero-order chi connectivity index (χ0) is 14.7. The lowest BCUT2D eigenvalue weighted by Crippen LogP contribution is -2.48. The summed E-state index contributed by atoms with van der Waals surface area (Å²) in [5.41, 5.74) is 0. The first-order chi connectivity index (χ1) is 9.49. The average molecular weight is 296 g/mol. The lowest BCUT2D eigenvalue weighted by atomic mass is 9.98. The van der Waals surface area contributed by atoms with Crippen LogP contribution in [0.15, 0.2) is 5.16 Å².